The van der Waals surface area contributed by atoms with E-state index in [0.717, 1.165) is 0 Å². The topological polar surface area (TPSA) is 92.8 Å². The number of halogens is 1. The summed E-state index contributed by atoms with van der Waals surface area (Å²) in [4.78, 5) is 24.6. The Labute approximate surface area is 175 Å². The summed E-state index contributed by atoms with van der Waals surface area (Å²) in [6, 6.07) is 11.9. The molecule has 2 aromatic rings. The van der Waals surface area contributed by atoms with Gasteiger partial charge in [-0.05, 0) is 55.5 Å². The summed E-state index contributed by atoms with van der Waals surface area (Å²) in [5, 5.41) is 3.16. The molecule has 0 radical (unpaired) electrons. The largest absolute Gasteiger partial charge is 0.449 e. The third-order valence-corrected chi connectivity index (χ3v) is 6.51. The molecule has 0 saturated heterocycles. The average Bonchev–Trinajstić information content (AvgIpc) is 2.70. The van der Waals surface area contributed by atoms with Crippen molar-refractivity contribution in [2.45, 2.75) is 31.8 Å². The predicted molar refractivity (Wildman–Crippen MR) is 112 cm³/mol. The van der Waals surface area contributed by atoms with E-state index in [4.69, 9.17) is 16.3 Å². The summed E-state index contributed by atoms with van der Waals surface area (Å²) in [6.07, 6.45) is -1.04. The lowest BCUT2D eigenvalue weighted by molar-refractivity contribution is -0.123. The number of hydrogen-bond donors (Lipinski definition) is 1. The molecule has 0 bridgehead atoms. The highest BCUT2D eigenvalue weighted by molar-refractivity contribution is 7.89. The molecular weight excluding hydrogens is 416 g/mol. The van der Waals surface area contributed by atoms with Crippen molar-refractivity contribution in [3.8, 4) is 0 Å². The van der Waals surface area contributed by atoms with Crippen LogP contribution in [0.2, 0.25) is 5.02 Å². The number of carbonyl (C=O) groups is 2. The average molecular weight is 439 g/mol. The first-order valence-electron chi connectivity index (χ1n) is 9.06. The molecule has 1 amide bonds. The molecule has 7 nitrogen and oxygen atoms in total. The van der Waals surface area contributed by atoms with Crippen LogP contribution in [0.4, 0.5) is 5.69 Å². The number of hydrogen-bond acceptors (Lipinski definition) is 5. The number of ether oxygens (including phenoxy) is 1. The Bertz CT molecular complexity index is 955. The minimum atomic E-state index is -3.61. The molecule has 9 heteroatoms. The van der Waals surface area contributed by atoms with Crippen LogP contribution in [-0.2, 0) is 19.6 Å². The second kappa shape index (κ2) is 9.87. The number of amides is 1. The van der Waals surface area contributed by atoms with Gasteiger partial charge >= 0.3 is 5.97 Å². The molecule has 0 aliphatic heterocycles. The number of nitrogens with one attached hydrogen (secondary N) is 1. The van der Waals surface area contributed by atoms with E-state index in [0.29, 0.717) is 23.8 Å². The van der Waals surface area contributed by atoms with Crippen molar-refractivity contribution in [1.82, 2.24) is 4.31 Å². The molecule has 156 valence electrons. The van der Waals surface area contributed by atoms with Gasteiger partial charge in [0, 0.05) is 23.8 Å². The van der Waals surface area contributed by atoms with Gasteiger partial charge in [0.2, 0.25) is 10.0 Å². The normalized spacial score (nSPS) is 12.4. The Balaban J connectivity index is 2.03. The second-order valence-corrected chi connectivity index (χ2v) is 8.53. The minimum absolute atomic E-state index is 0.0891. The Morgan fingerprint density at radius 1 is 1.03 bits per heavy atom. The van der Waals surface area contributed by atoms with Crippen molar-refractivity contribution in [3.63, 3.8) is 0 Å². The number of anilines is 1. The van der Waals surface area contributed by atoms with Gasteiger partial charge < -0.3 is 10.1 Å². The van der Waals surface area contributed by atoms with Crippen molar-refractivity contribution in [2.24, 2.45) is 0 Å². The SMILES string of the molecule is CCN(CC)S(=O)(=O)c1ccc(C(=O)OC(C)C(=O)Nc2ccc(Cl)cc2)cc1. The Kier molecular flexibility index (Phi) is 7.78. The van der Waals surface area contributed by atoms with Crippen LogP contribution in [-0.4, -0.2) is 43.8 Å². The molecular formula is C20H23ClN2O5S. The fourth-order valence-corrected chi connectivity index (χ4v) is 4.12. The van der Waals surface area contributed by atoms with Crippen LogP contribution in [0.15, 0.2) is 53.4 Å². The van der Waals surface area contributed by atoms with E-state index < -0.39 is 28.0 Å². The van der Waals surface area contributed by atoms with Crippen LogP contribution in [0.1, 0.15) is 31.1 Å². The Morgan fingerprint density at radius 2 is 1.59 bits per heavy atom. The molecule has 0 heterocycles. The number of rotatable bonds is 8. The summed E-state index contributed by atoms with van der Waals surface area (Å²) in [6.45, 7) is 5.65. The maximum absolute atomic E-state index is 12.5. The summed E-state index contributed by atoms with van der Waals surface area (Å²) < 4.78 is 31.5. The van der Waals surface area contributed by atoms with E-state index in [1.807, 2.05) is 0 Å². The van der Waals surface area contributed by atoms with Gasteiger partial charge in [0.25, 0.3) is 5.91 Å². The Morgan fingerprint density at radius 3 is 2.10 bits per heavy atom. The van der Waals surface area contributed by atoms with Gasteiger partial charge in [-0.15, -0.1) is 0 Å². The van der Waals surface area contributed by atoms with Crippen LogP contribution in [0.25, 0.3) is 0 Å². The number of esters is 1. The van der Waals surface area contributed by atoms with Crippen molar-refractivity contribution in [1.29, 1.82) is 0 Å². The fraction of sp³-hybridized carbons (Fsp3) is 0.300. The lowest BCUT2D eigenvalue weighted by atomic mass is 10.2. The van der Waals surface area contributed by atoms with Gasteiger partial charge in [0.05, 0.1) is 10.5 Å². The van der Waals surface area contributed by atoms with Crippen molar-refractivity contribution >= 4 is 39.2 Å². The highest BCUT2D eigenvalue weighted by atomic mass is 35.5. The number of nitrogens with zero attached hydrogens (tertiary/aromatic N) is 1. The summed E-state index contributed by atoms with van der Waals surface area (Å²) in [7, 11) is -3.61. The first-order valence-corrected chi connectivity index (χ1v) is 10.9. The van der Waals surface area contributed by atoms with Gasteiger partial charge in [-0.2, -0.15) is 4.31 Å². The predicted octanol–water partition coefficient (Wildman–Crippen LogP) is 3.55. The standard InChI is InChI=1S/C20H23ClN2O5S/c1-4-23(5-2)29(26,27)18-12-6-15(7-13-18)20(25)28-14(3)19(24)22-17-10-8-16(21)9-11-17/h6-14H,4-5H2,1-3H3,(H,22,24). The van der Waals surface area contributed by atoms with Crippen molar-refractivity contribution in [2.75, 3.05) is 18.4 Å². The van der Waals surface area contributed by atoms with Gasteiger partial charge in [-0.25, -0.2) is 13.2 Å². The number of benzene rings is 2. The van der Waals surface area contributed by atoms with Crippen molar-refractivity contribution < 1.29 is 22.7 Å². The maximum Gasteiger partial charge on any atom is 0.338 e. The van der Waals surface area contributed by atoms with Crippen LogP contribution in [0.3, 0.4) is 0 Å². The van der Waals surface area contributed by atoms with Gasteiger partial charge in [-0.3, -0.25) is 4.79 Å². The van der Waals surface area contributed by atoms with Crippen molar-refractivity contribution in [3.05, 3.63) is 59.1 Å². The third kappa shape index (κ3) is 5.79. The molecule has 1 atom stereocenters. The first-order chi connectivity index (χ1) is 13.7. The zero-order valence-corrected chi connectivity index (χ0v) is 18.0. The smallest absolute Gasteiger partial charge is 0.338 e. The molecule has 1 unspecified atom stereocenters. The molecule has 0 saturated carbocycles. The third-order valence-electron chi connectivity index (χ3n) is 4.20. The molecule has 0 aliphatic rings. The van der Waals surface area contributed by atoms with E-state index in [9.17, 15) is 18.0 Å². The minimum Gasteiger partial charge on any atom is -0.449 e. The Hall–Kier alpha value is -2.42. The van der Waals surface area contributed by atoms with Crippen LogP contribution in [0.5, 0.6) is 0 Å². The number of carbonyl (C=O) groups excluding carboxylic acids is 2. The molecule has 0 fully saturated rings. The summed E-state index contributed by atoms with van der Waals surface area (Å²) in [5.41, 5.74) is 0.669. The molecule has 1 N–H and O–H groups in total. The van der Waals surface area contributed by atoms with Gasteiger partial charge in [0.1, 0.15) is 0 Å². The highest BCUT2D eigenvalue weighted by Gasteiger charge is 2.23. The van der Waals surface area contributed by atoms with Crippen LogP contribution >= 0.6 is 11.6 Å². The van der Waals surface area contributed by atoms with Gasteiger partial charge in [-0.1, -0.05) is 25.4 Å². The van der Waals surface area contributed by atoms with Crippen LogP contribution < -0.4 is 5.32 Å². The second-order valence-electron chi connectivity index (χ2n) is 6.16. The number of sulfonamides is 1. The van der Waals surface area contributed by atoms with E-state index in [2.05, 4.69) is 5.32 Å². The zero-order valence-electron chi connectivity index (χ0n) is 16.4. The lowest BCUT2D eigenvalue weighted by Crippen LogP contribution is -2.31. The molecule has 0 aliphatic carbocycles. The van der Waals surface area contributed by atoms with Gasteiger partial charge in [0.15, 0.2) is 6.10 Å². The summed E-state index contributed by atoms with van der Waals surface area (Å²) in [5.74, 6) is -1.23. The molecule has 0 spiro atoms. The monoisotopic (exact) mass is 438 g/mol. The van der Waals surface area contributed by atoms with E-state index in [1.165, 1.54) is 35.5 Å². The van der Waals surface area contributed by atoms with Crippen LogP contribution in [0, 0.1) is 0 Å². The van der Waals surface area contributed by atoms with E-state index >= 15 is 0 Å². The maximum atomic E-state index is 12.5. The molecule has 2 aromatic carbocycles. The molecule has 2 rings (SSSR count). The first kappa shape index (κ1) is 22.9. The summed E-state index contributed by atoms with van der Waals surface area (Å²) >= 11 is 5.80. The highest BCUT2D eigenvalue weighted by Crippen LogP contribution is 2.17. The fourth-order valence-electron chi connectivity index (χ4n) is 2.53. The lowest BCUT2D eigenvalue weighted by Gasteiger charge is -2.18. The molecule has 0 aromatic heterocycles. The quantitative estimate of drug-likeness (QED) is 0.636. The van der Waals surface area contributed by atoms with E-state index in [-0.39, 0.29) is 10.5 Å². The van der Waals surface area contributed by atoms with E-state index in [1.54, 1.807) is 38.1 Å². The zero-order chi connectivity index (χ0) is 21.6. The molecule has 29 heavy (non-hydrogen) atoms.